The maximum absolute atomic E-state index is 13.3. The van der Waals surface area contributed by atoms with E-state index in [1.54, 1.807) is 54.6 Å². The van der Waals surface area contributed by atoms with Crippen molar-refractivity contribution in [2.45, 2.75) is 23.5 Å². The van der Waals surface area contributed by atoms with E-state index in [0.29, 0.717) is 11.4 Å². The Bertz CT molecular complexity index is 1340. The molecule has 0 saturated carbocycles. The minimum atomic E-state index is -4.08. The van der Waals surface area contributed by atoms with Gasteiger partial charge in [0.15, 0.2) is 5.17 Å². The Hall–Kier alpha value is -2.95. The van der Waals surface area contributed by atoms with Crippen molar-refractivity contribution < 1.29 is 18.0 Å². The molecule has 10 heteroatoms. The van der Waals surface area contributed by atoms with Crippen LogP contribution in [0.1, 0.15) is 12.0 Å². The topological polar surface area (TPSA) is 95.9 Å². The highest BCUT2D eigenvalue weighted by Crippen LogP contribution is 2.35. The monoisotopic (exact) mass is 557 g/mol. The maximum atomic E-state index is 13.3. The van der Waals surface area contributed by atoms with Crippen LogP contribution in [0.15, 0.2) is 92.6 Å². The number of benzene rings is 3. The normalized spacial score (nSPS) is 17.2. The van der Waals surface area contributed by atoms with Crippen molar-refractivity contribution in [1.82, 2.24) is 0 Å². The lowest BCUT2D eigenvalue weighted by Gasteiger charge is -2.16. The summed E-state index contributed by atoms with van der Waals surface area (Å²) < 4.78 is 30.6. The summed E-state index contributed by atoms with van der Waals surface area (Å²) in [5, 5.41) is 1.97. The highest BCUT2D eigenvalue weighted by Gasteiger charge is 2.41. The lowest BCUT2D eigenvalue weighted by atomic mass is 10.2. The molecular weight excluding hydrogens is 538 g/mol. The van der Waals surface area contributed by atoms with E-state index < -0.39 is 21.2 Å². The van der Waals surface area contributed by atoms with Gasteiger partial charge in [0.05, 0.1) is 10.6 Å². The molecule has 0 aromatic heterocycles. The molecule has 4 rings (SSSR count). The van der Waals surface area contributed by atoms with Gasteiger partial charge in [-0.05, 0) is 55.5 Å². The van der Waals surface area contributed by atoms with Gasteiger partial charge in [0.1, 0.15) is 5.25 Å². The van der Waals surface area contributed by atoms with E-state index in [1.807, 2.05) is 19.1 Å². The Kier molecular flexibility index (Phi) is 7.20. The molecule has 2 amide bonds. The van der Waals surface area contributed by atoms with E-state index in [1.165, 1.54) is 17.0 Å². The third-order valence-electron chi connectivity index (χ3n) is 4.97. The quantitative estimate of drug-likeness (QED) is 0.461. The van der Waals surface area contributed by atoms with Crippen LogP contribution in [-0.2, 0) is 19.6 Å². The Morgan fingerprint density at radius 1 is 1.03 bits per heavy atom. The van der Waals surface area contributed by atoms with Crippen LogP contribution >= 0.6 is 27.7 Å². The zero-order valence-electron chi connectivity index (χ0n) is 18.0. The standard InChI is InChI=1S/C24H20BrN3O4S2/c1-16-7-11-18(12-8-16)26-22(29)15-21-23(30)28(19-5-3-2-4-6-19)24(33-21)27-34(31,32)20-13-9-17(25)10-14-20/h2-14,21H,15H2,1H3,(H,26,29). The molecule has 1 aliphatic heterocycles. The number of rotatable bonds is 6. The van der Waals surface area contributed by atoms with Gasteiger partial charge in [-0.2, -0.15) is 8.42 Å². The Balaban J connectivity index is 1.61. The number of carbonyl (C=O) groups excluding carboxylic acids is 2. The second-order valence-electron chi connectivity index (χ2n) is 7.54. The predicted octanol–water partition coefficient (Wildman–Crippen LogP) is 4.98. The third-order valence-corrected chi connectivity index (χ3v) is 8.03. The first kappa shape index (κ1) is 24.2. The molecule has 1 fully saturated rings. The summed E-state index contributed by atoms with van der Waals surface area (Å²) in [7, 11) is -4.08. The summed E-state index contributed by atoms with van der Waals surface area (Å²) in [6.45, 7) is 1.95. The van der Waals surface area contributed by atoms with Gasteiger partial charge in [-0.15, -0.1) is 4.40 Å². The number of nitrogens with one attached hydrogen (secondary N) is 1. The van der Waals surface area contributed by atoms with Crippen molar-refractivity contribution in [3.63, 3.8) is 0 Å². The van der Waals surface area contributed by atoms with Crippen molar-refractivity contribution in [2.75, 3.05) is 10.2 Å². The van der Waals surface area contributed by atoms with Gasteiger partial charge in [0.2, 0.25) is 11.8 Å². The van der Waals surface area contributed by atoms with Crippen LogP contribution in [0.5, 0.6) is 0 Å². The second-order valence-corrected chi connectivity index (χ2v) is 11.2. The van der Waals surface area contributed by atoms with E-state index in [4.69, 9.17) is 0 Å². The molecule has 0 aliphatic carbocycles. The number of carbonyl (C=O) groups is 2. The first-order valence-corrected chi connectivity index (χ1v) is 13.4. The molecule has 1 saturated heterocycles. The Morgan fingerprint density at radius 2 is 1.68 bits per heavy atom. The summed E-state index contributed by atoms with van der Waals surface area (Å²) in [4.78, 5) is 27.1. The number of aryl methyl sites for hydroxylation is 1. The zero-order chi connectivity index (χ0) is 24.3. The number of amidine groups is 1. The Morgan fingerprint density at radius 3 is 2.32 bits per heavy atom. The van der Waals surface area contributed by atoms with Crippen LogP contribution in [0, 0.1) is 6.92 Å². The lowest BCUT2D eigenvalue weighted by molar-refractivity contribution is -0.121. The van der Waals surface area contributed by atoms with Crippen molar-refractivity contribution in [3.05, 3.63) is 88.9 Å². The molecule has 0 spiro atoms. The minimum Gasteiger partial charge on any atom is -0.326 e. The average Bonchev–Trinajstić information content (AvgIpc) is 3.10. The average molecular weight is 558 g/mol. The van der Waals surface area contributed by atoms with Crippen molar-refractivity contribution >= 4 is 66.1 Å². The molecule has 1 unspecified atom stereocenters. The molecular formula is C24H20BrN3O4S2. The molecule has 1 aliphatic rings. The Labute approximate surface area is 210 Å². The minimum absolute atomic E-state index is 0.00447. The van der Waals surface area contributed by atoms with E-state index in [2.05, 4.69) is 25.6 Å². The SMILES string of the molecule is Cc1ccc(NC(=O)CC2SC(=NS(=O)(=O)c3ccc(Br)cc3)N(c3ccccc3)C2=O)cc1. The van der Waals surface area contributed by atoms with E-state index in [9.17, 15) is 18.0 Å². The molecule has 34 heavy (non-hydrogen) atoms. The summed E-state index contributed by atoms with van der Waals surface area (Å²) in [6, 6.07) is 22.0. The molecule has 3 aromatic rings. The second kappa shape index (κ2) is 10.1. The summed E-state index contributed by atoms with van der Waals surface area (Å²) in [6.07, 6.45) is -0.127. The fourth-order valence-electron chi connectivity index (χ4n) is 3.25. The number of amides is 2. The number of nitrogens with zero attached hydrogens (tertiary/aromatic N) is 2. The van der Waals surface area contributed by atoms with Gasteiger partial charge in [-0.1, -0.05) is 63.6 Å². The summed E-state index contributed by atoms with van der Waals surface area (Å²) >= 11 is 4.25. The lowest BCUT2D eigenvalue weighted by Crippen LogP contribution is -2.33. The zero-order valence-corrected chi connectivity index (χ0v) is 21.2. The van der Waals surface area contributed by atoms with Crippen LogP contribution in [0.2, 0.25) is 0 Å². The van der Waals surface area contributed by atoms with Gasteiger partial charge >= 0.3 is 0 Å². The van der Waals surface area contributed by atoms with Crippen LogP contribution in [-0.4, -0.2) is 30.6 Å². The highest BCUT2D eigenvalue weighted by molar-refractivity contribution is 9.10. The van der Waals surface area contributed by atoms with Crippen LogP contribution in [0.4, 0.5) is 11.4 Å². The summed E-state index contributed by atoms with van der Waals surface area (Å²) in [5.74, 6) is -0.750. The number of thioether (sulfide) groups is 1. The summed E-state index contributed by atoms with van der Waals surface area (Å²) in [5.41, 5.74) is 2.16. The molecule has 174 valence electrons. The van der Waals surface area contributed by atoms with E-state index in [0.717, 1.165) is 21.8 Å². The number of sulfonamides is 1. The van der Waals surface area contributed by atoms with Gasteiger partial charge in [0, 0.05) is 16.6 Å². The third kappa shape index (κ3) is 5.57. The molecule has 3 aromatic carbocycles. The first-order chi connectivity index (χ1) is 16.2. The van der Waals surface area contributed by atoms with Gasteiger partial charge in [0.25, 0.3) is 10.0 Å². The smallest absolute Gasteiger partial charge is 0.284 e. The number of para-hydroxylation sites is 1. The van der Waals surface area contributed by atoms with Gasteiger partial charge in [-0.25, -0.2) is 0 Å². The fraction of sp³-hybridized carbons (Fsp3) is 0.125. The van der Waals surface area contributed by atoms with Gasteiger partial charge in [-0.3, -0.25) is 14.5 Å². The van der Waals surface area contributed by atoms with Crippen LogP contribution in [0.3, 0.4) is 0 Å². The number of halogens is 1. The van der Waals surface area contributed by atoms with Crippen LogP contribution < -0.4 is 10.2 Å². The first-order valence-electron chi connectivity index (χ1n) is 10.3. The number of hydrogen-bond acceptors (Lipinski definition) is 5. The molecule has 7 nitrogen and oxygen atoms in total. The largest absolute Gasteiger partial charge is 0.326 e. The maximum Gasteiger partial charge on any atom is 0.284 e. The van der Waals surface area contributed by atoms with E-state index >= 15 is 0 Å². The van der Waals surface area contributed by atoms with E-state index in [-0.39, 0.29) is 22.4 Å². The van der Waals surface area contributed by atoms with Crippen molar-refractivity contribution in [3.8, 4) is 0 Å². The number of anilines is 2. The highest BCUT2D eigenvalue weighted by atomic mass is 79.9. The van der Waals surface area contributed by atoms with Crippen molar-refractivity contribution in [2.24, 2.45) is 4.40 Å². The molecule has 1 atom stereocenters. The van der Waals surface area contributed by atoms with Gasteiger partial charge < -0.3 is 5.32 Å². The fourth-order valence-corrected chi connectivity index (χ4v) is 5.85. The predicted molar refractivity (Wildman–Crippen MR) is 138 cm³/mol. The molecule has 0 radical (unpaired) electrons. The molecule has 1 heterocycles. The molecule has 1 N–H and O–H groups in total. The molecule has 0 bridgehead atoms. The number of hydrogen-bond donors (Lipinski definition) is 1. The van der Waals surface area contributed by atoms with Crippen LogP contribution in [0.25, 0.3) is 0 Å². The van der Waals surface area contributed by atoms with Crippen molar-refractivity contribution in [1.29, 1.82) is 0 Å².